The van der Waals surface area contributed by atoms with Gasteiger partial charge in [0.25, 0.3) is 6.43 Å². The van der Waals surface area contributed by atoms with Gasteiger partial charge in [0.1, 0.15) is 6.61 Å². The van der Waals surface area contributed by atoms with Gasteiger partial charge in [0, 0.05) is 29.4 Å². The second-order valence-corrected chi connectivity index (χ2v) is 7.19. The molecule has 2 atom stereocenters. The highest BCUT2D eigenvalue weighted by atomic mass is 19.3. The van der Waals surface area contributed by atoms with Crippen LogP contribution in [0.1, 0.15) is 48.3 Å². The van der Waals surface area contributed by atoms with Crippen molar-refractivity contribution in [2.24, 2.45) is 4.99 Å². The van der Waals surface area contributed by atoms with Crippen LogP contribution in [0.2, 0.25) is 0 Å². The second kappa shape index (κ2) is 8.31. The summed E-state index contributed by atoms with van der Waals surface area (Å²) >= 11 is 0. The Morgan fingerprint density at radius 2 is 1.79 bits per heavy atom. The molecule has 8 heteroatoms. The van der Waals surface area contributed by atoms with Crippen molar-refractivity contribution < 1.29 is 23.0 Å². The number of halogens is 2. The molecule has 0 bridgehead atoms. The van der Waals surface area contributed by atoms with E-state index in [2.05, 4.69) is 9.97 Å². The summed E-state index contributed by atoms with van der Waals surface area (Å²) in [5.74, 6) is 0.977. The highest BCUT2D eigenvalue weighted by Crippen LogP contribution is 2.44. The Balaban J connectivity index is 1.81. The molecule has 0 radical (unpaired) electrons. The molecule has 154 valence electrons. The number of hydrogen-bond acceptors (Lipinski definition) is 6. The molecule has 0 spiro atoms. The monoisotopic (exact) mass is 403 g/mol. The quantitative estimate of drug-likeness (QED) is 0.729. The predicted octanol–water partition coefficient (Wildman–Crippen LogP) is 4.01. The summed E-state index contributed by atoms with van der Waals surface area (Å²) < 4.78 is 41.2. The molecule has 1 aromatic carbocycles. The van der Waals surface area contributed by atoms with Crippen LogP contribution in [0.5, 0.6) is 17.5 Å². The molecule has 0 saturated heterocycles. The fraction of sp³-hybridized carbons (Fsp3) is 0.476. The van der Waals surface area contributed by atoms with E-state index in [0.717, 1.165) is 48.1 Å². The summed E-state index contributed by atoms with van der Waals surface area (Å²) in [6.07, 6.45) is 5.06. The summed E-state index contributed by atoms with van der Waals surface area (Å²) in [4.78, 5) is 13.4. The molecule has 2 aliphatic rings. The van der Waals surface area contributed by atoms with Gasteiger partial charge < -0.3 is 14.2 Å². The SMILES string of the molecule is COc1ncc(C2=NC3CCCCC3c3cc(OCC(F)F)c(OC)cc32)cn1. The van der Waals surface area contributed by atoms with Crippen LogP contribution in [-0.4, -0.2) is 49.0 Å². The Hall–Kier alpha value is -2.77. The molecule has 2 heterocycles. The van der Waals surface area contributed by atoms with Crippen LogP contribution in [0.15, 0.2) is 29.5 Å². The minimum absolute atomic E-state index is 0.143. The second-order valence-electron chi connectivity index (χ2n) is 7.19. The maximum Gasteiger partial charge on any atom is 0.316 e. The summed E-state index contributed by atoms with van der Waals surface area (Å²) in [6, 6.07) is 4.10. The number of methoxy groups -OCH3 is 2. The van der Waals surface area contributed by atoms with Crippen molar-refractivity contribution in [2.45, 2.75) is 44.1 Å². The zero-order valence-corrected chi connectivity index (χ0v) is 16.4. The van der Waals surface area contributed by atoms with Gasteiger partial charge in [0.05, 0.1) is 26.0 Å². The van der Waals surface area contributed by atoms with Crippen LogP contribution in [0.25, 0.3) is 0 Å². The number of nitrogens with zero attached hydrogens (tertiary/aromatic N) is 3. The van der Waals surface area contributed by atoms with Crippen LogP contribution in [0.3, 0.4) is 0 Å². The molecule has 1 fully saturated rings. The Kier molecular flexibility index (Phi) is 5.60. The number of aliphatic imine (C=N–C) groups is 1. The highest BCUT2D eigenvalue weighted by molar-refractivity contribution is 6.14. The molecule has 1 aromatic heterocycles. The topological polar surface area (TPSA) is 65.8 Å². The highest BCUT2D eigenvalue weighted by Gasteiger charge is 2.35. The van der Waals surface area contributed by atoms with Crippen molar-refractivity contribution in [3.63, 3.8) is 0 Å². The number of benzene rings is 1. The fourth-order valence-electron chi connectivity index (χ4n) is 4.15. The van der Waals surface area contributed by atoms with Crippen molar-refractivity contribution >= 4 is 5.71 Å². The fourth-order valence-corrected chi connectivity index (χ4v) is 4.15. The van der Waals surface area contributed by atoms with E-state index in [9.17, 15) is 8.78 Å². The third-order valence-corrected chi connectivity index (χ3v) is 5.46. The van der Waals surface area contributed by atoms with E-state index in [0.29, 0.717) is 11.5 Å². The van der Waals surface area contributed by atoms with E-state index < -0.39 is 13.0 Å². The van der Waals surface area contributed by atoms with Gasteiger partial charge in [0.2, 0.25) is 0 Å². The van der Waals surface area contributed by atoms with Gasteiger partial charge in [0.15, 0.2) is 11.5 Å². The summed E-state index contributed by atoms with van der Waals surface area (Å²) in [6.45, 7) is -0.670. The molecule has 1 saturated carbocycles. The van der Waals surface area contributed by atoms with E-state index >= 15 is 0 Å². The average molecular weight is 403 g/mol. The Morgan fingerprint density at radius 1 is 1.03 bits per heavy atom. The van der Waals surface area contributed by atoms with Crippen molar-refractivity contribution in [1.29, 1.82) is 0 Å². The van der Waals surface area contributed by atoms with Crippen LogP contribution in [0.4, 0.5) is 8.78 Å². The lowest BCUT2D eigenvalue weighted by atomic mass is 9.75. The maximum atomic E-state index is 12.7. The lowest BCUT2D eigenvalue weighted by Crippen LogP contribution is -2.29. The van der Waals surface area contributed by atoms with Gasteiger partial charge in [-0.25, -0.2) is 18.7 Å². The smallest absolute Gasteiger partial charge is 0.316 e. The molecule has 6 nitrogen and oxygen atoms in total. The number of alkyl halides is 2. The van der Waals surface area contributed by atoms with Crippen molar-refractivity contribution in [3.8, 4) is 17.5 Å². The van der Waals surface area contributed by atoms with Gasteiger partial charge in [-0.1, -0.05) is 12.8 Å². The Morgan fingerprint density at radius 3 is 2.48 bits per heavy atom. The normalized spacial score (nSPS) is 20.5. The van der Waals surface area contributed by atoms with Crippen molar-refractivity contribution in [3.05, 3.63) is 41.2 Å². The standard InChI is InChI=1S/C21H23F2N3O3/c1-27-17-8-15-14(7-18(17)29-11-19(22)23)13-5-3-4-6-16(13)26-20(15)12-9-24-21(28-2)25-10-12/h7-10,13,16,19H,3-6,11H2,1-2H3. The molecule has 0 amide bonds. The van der Waals surface area contributed by atoms with Crippen LogP contribution < -0.4 is 14.2 Å². The lowest BCUT2D eigenvalue weighted by Gasteiger charge is -2.35. The van der Waals surface area contributed by atoms with Crippen molar-refractivity contribution in [2.75, 3.05) is 20.8 Å². The molecule has 29 heavy (non-hydrogen) atoms. The van der Waals surface area contributed by atoms with Gasteiger partial charge in [-0.15, -0.1) is 0 Å². The van der Waals surface area contributed by atoms with E-state index in [1.165, 1.54) is 14.2 Å². The minimum Gasteiger partial charge on any atom is -0.493 e. The Labute approximate surface area is 167 Å². The first-order chi connectivity index (χ1) is 14.1. The van der Waals surface area contributed by atoms with Crippen molar-refractivity contribution in [1.82, 2.24) is 9.97 Å². The van der Waals surface area contributed by atoms with Gasteiger partial charge in [-0.2, -0.15) is 0 Å². The Bertz CT molecular complexity index is 903. The zero-order chi connectivity index (χ0) is 20.4. The first-order valence-corrected chi connectivity index (χ1v) is 9.68. The van der Waals surface area contributed by atoms with E-state index in [4.69, 9.17) is 19.2 Å². The summed E-state index contributed by atoms with van der Waals surface area (Å²) in [5, 5.41) is 0. The summed E-state index contributed by atoms with van der Waals surface area (Å²) in [7, 11) is 3.01. The van der Waals surface area contributed by atoms with Crippen LogP contribution in [0, 0.1) is 0 Å². The number of ether oxygens (including phenoxy) is 3. The largest absolute Gasteiger partial charge is 0.493 e. The predicted molar refractivity (Wildman–Crippen MR) is 104 cm³/mol. The van der Waals surface area contributed by atoms with Gasteiger partial charge in [-0.3, -0.25) is 4.99 Å². The first-order valence-electron chi connectivity index (χ1n) is 9.68. The molecular weight excluding hydrogens is 380 g/mol. The van der Waals surface area contributed by atoms with E-state index in [1.54, 1.807) is 12.4 Å². The number of hydrogen-bond donors (Lipinski definition) is 0. The lowest BCUT2D eigenvalue weighted by molar-refractivity contribution is 0.0803. The number of rotatable bonds is 6. The number of fused-ring (bicyclic) bond motifs is 3. The summed E-state index contributed by atoms with van der Waals surface area (Å²) in [5.41, 5.74) is 3.52. The van der Waals surface area contributed by atoms with E-state index in [-0.39, 0.29) is 18.0 Å². The molecule has 4 rings (SSSR count). The average Bonchev–Trinajstić information content (AvgIpc) is 2.76. The van der Waals surface area contributed by atoms with Gasteiger partial charge >= 0.3 is 6.01 Å². The third kappa shape index (κ3) is 3.88. The number of aromatic nitrogens is 2. The van der Waals surface area contributed by atoms with E-state index in [1.807, 2.05) is 12.1 Å². The van der Waals surface area contributed by atoms with Crippen LogP contribution >= 0.6 is 0 Å². The molecule has 2 unspecified atom stereocenters. The van der Waals surface area contributed by atoms with Crippen LogP contribution in [-0.2, 0) is 0 Å². The molecule has 0 N–H and O–H groups in total. The molecule has 2 aromatic rings. The molecule has 1 aliphatic carbocycles. The maximum absolute atomic E-state index is 12.7. The van der Waals surface area contributed by atoms with Gasteiger partial charge in [-0.05, 0) is 30.5 Å². The molecular formula is C21H23F2N3O3. The minimum atomic E-state index is -2.55. The zero-order valence-electron chi connectivity index (χ0n) is 16.4. The third-order valence-electron chi connectivity index (χ3n) is 5.46. The molecule has 1 aliphatic heterocycles. The first kappa shape index (κ1) is 19.5.